The third kappa shape index (κ3) is 11.1. The maximum Gasteiger partial charge on any atom is 0.326 e. The van der Waals surface area contributed by atoms with Gasteiger partial charge in [-0.3, -0.25) is 28.8 Å². The quantitative estimate of drug-likeness (QED) is 0.102. The highest BCUT2D eigenvalue weighted by molar-refractivity contribution is 7.80. The Kier molecular flexibility index (Phi) is 12.3. The Bertz CT molecular complexity index is 762. The molecular formula is C16H26N6O9S. The highest BCUT2D eigenvalue weighted by Crippen LogP contribution is 2.02. The van der Waals surface area contributed by atoms with Crippen molar-refractivity contribution >= 4 is 54.1 Å². The zero-order valence-corrected chi connectivity index (χ0v) is 17.7. The van der Waals surface area contributed by atoms with Crippen molar-refractivity contribution in [3.8, 4) is 0 Å². The second kappa shape index (κ2) is 13.8. The molecule has 0 fully saturated rings. The standard InChI is InChI=1S/C16H26N6O9S/c17-6(3-11(19)24)13(27)21-8(4-12(25)26)14(28)22-9(5-32)15(29)20-7(16(30)31)1-2-10(18)23/h6-9,32H,1-5,17H2,(H2,18,23)(H2,19,24)(H,20,29)(H,21,27)(H,22,28)(H,25,26)(H,30,31). The molecule has 0 aromatic heterocycles. The maximum absolute atomic E-state index is 12.5. The number of nitrogens with one attached hydrogen (secondary N) is 3. The van der Waals surface area contributed by atoms with Crippen LogP contribution in [0.3, 0.4) is 0 Å². The van der Waals surface area contributed by atoms with Crippen LogP contribution in [0, 0.1) is 0 Å². The second-order valence-corrected chi connectivity index (χ2v) is 6.95. The van der Waals surface area contributed by atoms with Gasteiger partial charge < -0.3 is 43.4 Å². The molecule has 0 radical (unpaired) electrons. The van der Waals surface area contributed by atoms with Crippen LogP contribution in [0.5, 0.6) is 0 Å². The monoisotopic (exact) mass is 478 g/mol. The lowest BCUT2D eigenvalue weighted by atomic mass is 10.1. The Morgan fingerprint density at radius 1 is 0.750 bits per heavy atom. The molecule has 0 aliphatic rings. The van der Waals surface area contributed by atoms with Gasteiger partial charge in [0, 0.05) is 12.2 Å². The van der Waals surface area contributed by atoms with E-state index in [1.165, 1.54) is 0 Å². The first-order chi connectivity index (χ1) is 14.8. The van der Waals surface area contributed by atoms with E-state index in [2.05, 4.69) is 23.3 Å². The third-order valence-electron chi connectivity index (χ3n) is 3.88. The van der Waals surface area contributed by atoms with Gasteiger partial charge in [0.2, 0.25) is 29.5 Å². The topological polar surface area (TPSA) is 274 Å². The summed E-state index contributed by atoms with van der Waals surface area (Å²) in [5.74, 6) is -8.07. The van der Waals surface area contributed by atoms with Crippen molar-refractivity contribution in [1.82, 2.24) is 16.0 Å². The molecule has 0 rings (SSSR count). The number of carbonyl (C=O) groups is 7. The van der Waals surface area contributed by atoms with Crippen LogP contribution in [-0.4, -0.2) is 81.6 Å². The van der Waals surface area contributed by atoms with Crippen molar-refractivity contribution in [2.24, 2.45) is 17.2 Å². The van der Waals surface area contributed by atoms with Gasteiger partial charge in [-0.15, -0.1) is 0 Å². The van der Waals surface area contributed by atoms with Gasteiger partial charge in [-0.05, 0) is 6.42 Å². The minimum atomic E-state index is -1.68. The lowest BCUT2D eigenvalue weighted by Crippen LogP contribution is -2.58. The predicted octanol–water partition coefficient (Wildman–Crippen LogP) is -4.60. The number of carbonyl (C=O) groups excluding carboxylic acids is 5. The smallest absolute Gasteiger partial charge is 0.326 e. The number of aliphatic carboxylic acids is 2. The fourth-order valence-electron chi connectivity index (χ4n) is 2.25. The Balaban J connectivity index is 5.27. The first-order valence-corrected chi connectivity index (χ1v) is 9.70. The summed E-state index contributed by atoms with van der Waals surface area (Å²) in [6.45, 7) is 0. The SMILES string of the molecule is NC(=O)CCC(NC(=O)C(CS)NC(=O)C(CC(=O)O)NC(=O)C(N)CC(N)=O)C(=O)O. The van der Waals surface area contributed by atoms with Gasteiger partial charge in [0.1, 0.15) is 18.1 Å². The van der Waals surface area contributed by atoms with Crippen LogP contribution >= 0.6 is 12.6 Å². The van der Waals surface area contributed by atoms with Crippen LogP contribution in [0.1, 0.15) is 25.7 Å². The van der Waals surface area contributed by atoms with Gasteiger partial charge in [0.05, 0.1) is 18.9 Å². The molecule has 16 heteroatoms. The Labute approximate surface area is 187 Å². The molecular weight excluding hydrogens is 452 g/mol. The zero-order valence-electron chi connectivity index (χ0n) is 16.8. The first kappa shape index (κ1) is 28.6. The van der Waals surface area contributed by atoms with Crippen molar-refractivity contribution in [3.05, 3.63) is 0 Å². The van der Waals surface area contributed by atoms with Crippen LogP contribution in [-0.2, 0) is 33.6 Å². The first-order valence-electron chi connectivity index (χ1n) is 9.07. The van der Waals surface area contributed by atoms with E-state index in [4.69, 9.17) is 27.4 Å². The fraction of sp³-hybridized carbons (Fsp3) is 0.562. The molecule has 0 spiro atoms. The normalized spacial score (nSPS) is 14.2. The number of hydrogen-bond donors (Lipinski definition) is 9. The van der Waals surface area contributed by atoms with Crippen LogP contribution in [0.4, 0.5) is 0 Å². The molecule has 4 unspecified atom stereocenters. The number of carboxylic acids is 2. The van der Waals surface area contributed by atoms with Gasteiger partial charge in [-0.1, -0.05) is 0 Å². The summed E-state index contributed by atoms with van der Waals surface area (Å²) in [6, 6.07) is -6.04. The van der Waals surface area contributed by atoms with E-state index < -0.39 is 78.5 Å². The van der Waals surface area contributed by atoms with E-state index in [0.717, 1.165) is 0 Å². The van der Waals surface area contributed by atoms with E-state index in [1.807, 2.05) is 5.32 Å². The maximum atomic E-state index is 12.5. The molecule has 32 heavy (non-hydrogen) atoms. The molecule has 5 amide bonds. The highest BCUT2D eigenvalue weighted by Gasteiger charge is 2.31. The van der Waals surface area contributed by atoms with Crippen molar-refractivity contribution in [1.29, 1.82) is 0 Å². The summed E-state index contributed by atoms with van der Waals surface area (Å²) in [5.41, 5.74) is 15.3. The molecule has 15 nitrogen and oxygen atoms in total. The Hall–Kier alpha value is -3.40. The summed E-state index contributed by atoms with van der Waals surface area (Å²) < 4.78 is 0. The van der Waals surface area contributed by atoms with Crippen LogP contribution < -0.4 is 33.2 Å². The van der Waals surface area contributed by atoms with Gasteiger partial charge in [0.25, 0.3) is 0 Å². The van der Waals surface area contributed by atoms with Crippen molar-refractivity contribution in [2.75, 3.05) is 5.75 Å². The predicted molar refractivity (Wildman–Crippen MR) is 110 cm³/mol. The summed E-state index contributed by atoms with van der Waals surface area (Å²) in [5, 5.41) is 24.4. The van der Waals surface area contributed by atoms with Gasteiger partial charge in [-0.25, -0.2) is 4.79 Å². The molecule has 0 aromatic carbocycles. The number of rotatable bonds is 15. The van der Waals surface area contributed by atoms with E-state index in [1.54, 1.807) is 0 Å². The van der Waals surface area contributed by atoms with E-state index in [0.29, 0.717) is 0 Å². The Morgan fingerprint density at radius 2 is 1.25 bits per heavy atom. The average Bonchev–Trinajstić information content (AvgIpc) is 2.66. The summed E-state index contributed by atoms with van der Waals surface area (Å²) in [7, 11) is 0. The summed E-state index contributed by atoms with van der Waals surface area (Å²) in [6.07, 6.45) is -2.08. The average molecular weight is 478 g/mol. The number of hydrogen-bond acceptors (Lipinski definition) is 9. The third-order valence-corrected chi connectivity index (χ3v) is 4.24. The minimum absolute atomic E-state index is 0.306. The van der Waals surface area contributed by atoms with E-state index in [-0.39, 0.29) is 18.6 Å². The Morgan fingerprint density at radius 3 is 1.69 bits per heavy atom. The van der Waals surface area contributed by atoms with Crippen LogP contribution in [0.15, 0.2) is 0 Å². The molecule has 0 aromatic rings. The minimum Gasteiger partial charge on any atom is -0.481 e. The van der Waals surface area contributed by atoms with Crippen LogP contribution in [0.25, 0.3) is 0 Å². The summed E-state index contributed by atoms with van der Waals surface area (Å²) >= 11 is 3.89. The number of amides is 5. The molecule has 4 atom stereocenters. The molecule has 180 valence electrons. The lowest BCUT2D eigenvalue weighted by molar-refractivity contribution is -0.143. The van der Waals surface area contributed by atoms with Crippen molar-refractivity contribution in [2.45, 2.75) is 49.9 Å². The summed E-state index contributed by atoms with van der Waals surface area (Å²) in [4.78, 5) is 80.8. The highest BCUT2D eigenvalue weighted by atomic mass is 32.1. The lowest BCUT2D eigenvalue weighted by Gasteiger charge is -2.23. The molecule has 0 bridgehead atoms. The van der Waals surface area contributed by atoms with Gasteiger partial charge >= 0.3 is 11.9 Å². The van der Waals surface area contributed by atoms with Crippen molar-refractivity contribution in [3.63, 3.8) is 0 Å². The number of nitrogens with two attached hydrogens (primary N) is 3. The molecule has 0 saturated heterocycles. The van der Waals surface area contributed by atoms with E-state index >= 15 is 0 Å². The van der Waals surface area contributed by atoms with Gasteiger partial charge in [0.15, 0.2) is 0 Å². The van der Waals surface area contributed by atoms with Gasteiger partial charge in [-0.2, -0.15) is 12.6 Å². The molecule has 0 heterocycles. The van der Waals surface area contributed by atoms with E-state index in [9.17, 15) is 33.6 Å². The molecule has 0 aliphatic heterocycles. The second-order valence-electron chi connectivity index (χ2n) is 6.58. The zero-order chi connectivity index (χ0) is 25.0. The number of carboxylic acid groups (broad SMARTS) is 2. The molecule has 0 saturated carbocycles. The molecule has 11 N–H and O–H groups in total. The largest absolute Gasteiger partial charge is 0.481 e. The number of thiol groups is 1. The molecule has 0 aliphatic carbocycles. The number of primary amides is 2. The van der Waals surface area contributed by atoms with Crippen LogP contribution in [0.2, 0.25) is 0 Å². The fourth-order valence-corrected chi connectivity index (χ4v) is 2.51. The van der Waals surface area contributed by atoms with Crippen molar-refractivity contribution < 1.29 is 43.8 Å².